The van der Waals surface area contributed by atoms with Gasteiger partial charge in [0.05, 0.1) is 6.10 Å². The van der Waals surface area contributed by atoms with Crippen LogP contribution in [0.2, 0.25) is 5.02 Å². The molecule has 1 unspecified atom stereocenters. The minimum atomic E-state index is -0.234. The van der Waals surface area contributed by atoms with Crippen LogP contribution >= 0.6 is 11.6 Å². The van der Waals surface area contributed by atoms with E-state index in [0.29, 0.717) is 22.2 Å². The lowest BCUT2D eigenvalue weighted by atomic mass is 9.98. The normalized spacial score (nSPS) is 18.4. The first kappa shape index (κ1) is 24.3. The molecule has 0 bridgehead atoms. The van der Waals surface area contributed by atoms with Crippen LogP contribution in [0, 0.1) is 20.8 Å². The second-order valence-electron chi connectivity index (χ2n) is 8.78. The Bertz CT molecular complexity index is 1030. The Kier molecular flexibility index (Phi) is 8.01. The Morgan fingerprint density at radius 3 is 2.69 bits per heavy atom. The lowest BCUT2D eigenvalue weighted by Crippen LogP contribution is -2.43. The van der Waals surface area contributed by atoms with E-state index in [4.69, 9.17) is 16.3 Å². The van der Waals surface area contributed by atoms with Crippen LogP contribution in [0.25, 0.3) is 0 Å². The van der Waals surface area contributed by atoms with Crippen molar-refractivity contribution in [3.63, 3.8) is 0 Å². The summed E-state index contributed by atoms with van der Waals surface area (Å²) < 4.78 is 5.74. The number of halogens is 1. The number of aromatic amines is 1. The van der Waals surface area contributed by atoms with Crippen LogP contribution in [0.15, 0.2) is 23.0 Å². The zero-order valence-electron chi connectivity index (χ0n) is 19.7. The van der Waals surface area contributed by atoms with Gasteiger partial charge in [-0.25, -0.2) is 0 Å². The van der Waals surface area contributed by atoms with Crippen molar-refractivity contribution in [3.8, 4) is 0 Å². The van der Waals surface area contributed by atoms with Crippen molar-refractivity contribution in [2.45, 2.75) is 72.6 Å². The van der Waals surface area contributed by atoms with Gasteiger partial charge >= 0.3 is 0 Å². The predicted molar refractivity (Wildman–Crippen MR) is 130 cm³/mol. The smallest absolute Gasteiger partial charge is 0.253 e. The Morgan fingerprint density at radius 2 is 2.03 bits per heavy atom. The fourth-order valence-electron chi connectivity index (χ4n) is 4.56. The van der Waals surface area contributed by atoms with Gasteiger partial charge in [0.2, 0.25) is 0 Å². The Hall–Kier alpha value is -2.31. The monoisotopic (exact) mass is 459 g/mol. The highest BCUT2D eigenvalue weighted by Crippen LogP contribution is 2.32. The SMILES string of the molecule is CCCN(c1cc(Cl)cc(C(=O)NCc2c(C)cc(C)[nH]c2=O)c1C)C1CCO[C@@H](C)C1. The van der Waals surface area contributed by atoms with Gasteiger partial charge in [-0.05, 0) is 76.3 Å². The van der Waals surface area contributed by atoms with E-state index in [-0.39, 0.29) is 24.1 Å². The average molecular weight is 460 g/mol. The van der Waals surface area contributed by atoms with E-state index in [2.05, 4.69) is 29.0 Å². The molecule has 7 heteroatoms. The summed E-state index contributed by atoms with van der Waals surface area (Å²) >= 11 is 6.48. The average Bonchev–Trinajstić information content (AvgIpc) is 2.72. The number of carbonyl (C=O) groups is 1. The van der Waals surface area contributed by atoms with E-state index in [0.717, 1.165) is 54.9 Å². The van der Waals surface area contributed by atoms with Gasteiger partial charge < -0.3 is 19.9 Å². The molecule has 2 aromatic rings. The molecule has 3 rings (SSSR count). The standard InChI is InChI=1S/C25H34ClN3O3/c1-6-8-29(20-7-9-32-17(4)11-20)23-13-19(26)12-21(18(23)5)24(30)27-14-22-15(2)10-16(3)28-25(22)31/h10,12-13,17,20H,6-9,11,14H2,1-5H3,(H,27,30)(H,28,31)/t17-,20?/m0/s1. The molecule has 1 aliphatic heterocycles. The molecule has 32 heavy (non-hydrogen) atoms. The van der Waals surface area contributed by atoms with Crippen LogP contribution < -0.4 is 15.8 Å². The lowest BCUT2D eigenvalue weighted by Gasteiger charge is -2.39. The number of aromatic nitrogens is 1. The third kappa shape index (κ3) is 5.54. The molecule has 1 saturated heterocycles. The number of carbonyl (C=O) groups excluding carboxylic acids is 1. The van der Waals surface area contributed by atoms with Gasteiger partial charge in [-0.15, -0.1) is 0 Å². The molecule has 6 nitrogen and oxygen atoms in total. The third-order valence-corrected chi connectivity index (χ3v) is 6.40. The topological polar surface area (TPSA) is 74.4 Å². The molecule has 2 atom stereocenters. The van der Waals surface area contributed by atoms with Gasteiger partial charge in [0.1, 0.15) is 0 Å². The van der Waals surface area contributed by atoms with E-state index in [1.807, 2.05) is 32.9 Å². The van der Waals surface area contributed by atoms with Crippen LogP contribution in [-0.4, -0.2) is 36.2 Å². The maximum Gasteiger partial charge on any atom is 0.253 e. The van der Waals surface area contributed by atoms with E-state index < -0.39 is 0 Å². The number of pyridine rings is 1. The minimum Gasteiger partial charge on any atom is -0.378 e. The lowest BCUT2D eigenvalue weighted by molar-refractivity contribution is 0.0184. The first-order chi connectivity index (χ1) is 15.2. The van der Waals surface area contributed by atoms with Crippen molar-refractivity contribution in [2.75, 3.05) is 18.1 Å². The summed E-state index contributed by atoms with van der Waals surface area (Å²) in [6.45, 7) is 11.7. The van der Waals surface area contributed by atoms with Gasteiger partial charge in [0.25, 0.3) is 11.5 Å². The van der Waals surface area contributed by atoms with E-state index in [1.54, 1.807) is 6.07 Å². The summed E-state index contributed by atoms with van der Waals surface area (Å²) in [6.07, 6.45) is 3.11. The van der Waals surface area contributed by atoms with Gasteiger partial charge in [-0.1, -0.05) is 18.5 Å². The van der Waals surface area contributed by atoms with Gasteiger partial charge in [0, 0.05) is 53.3 Å². The number of hydrogen-bond donors (Lipinski definition) is 2. The Labute approximate surface area is 195 Å². The number of anilines is 1. The molecule has 2 heterocycles. The Morgan fingerprint density at radius 1 is 1.28 bits per heavy atom. The summed E-state index contributed by atoms with van der Waals surface area (Å²) in [7, 11) is 0. The number of amides is 1. The highest BCUT2D eigenvalue weighted by molar-refractivity contribution is 6.31. The number of ether oxygens (including phenoxy) is 1. The molecule has 0 saturated carbocycles. The van der Waals surface area contributed by atoms with Crippen LogP contribution in [-0.2, 0) is 11.3 Å². The molecular weight excluding hydrogens is 426 g/mol. The van der Waals surface area contributed by atoms with Crippen molar-refractivity contribution in [1.82, 2.24) is 10.3 Å². The van der Waals surface area contributed by atoms with Crippen LogP contribution in [0.5, 0.6) is 0 Å². The number of H-pyrrole nitrogens is 1. The Balaban J connectivity index is 1.88. The van der Waals surface area contributed by atoms with Gasteiger partial charge in [-0.3, -0.25) is 9.59 Å². The number of rotatable bonds is 7. The highest BCUT2D eigenvalue weighted by Gasteiger charge is 2.27. The largest absolute Gasteiger partial charge is 0.378 e. The van der Waals surface area contributed by atoms with Crippen molar-refractivity contribution in [3.05, 3.63) is 61.5 Å². The molecule has 0 aliphatic carbocycles. The first-order valence-electron chi connectivity index (χ1n) is 11.4. The number of aryl methyl sites for hydroxylation is 2. The van der Waals surface area contributed by atoms with Gasteiger partial charge in [-0.2, -0.15) is 0 Å². The molecular formula is C25H34ClN3O3. The molecule has 1 aromatic heterocycles. The highest BCUT2D eigenvalue weighted by atomic mass is 35.5. The molecule has 0 radical (unpaired) electrons. The second-order valence-corrected chi connectivity index (χ2v) is 9.21. The fourth-order valence-corrected chi connectivity index (χ4v) is 4.77. The zero-order chi connectivity index (χ0) is 23.4. The quantitative estimate of drug-likeness (QED) is 0.631. The van der Waals surface area contributed by atoms with E-state index in [1.165, 1.54) is 0 Å². The fraction of sp³-hybridized carbons (Fsp3) is 0.520. The molecule has 1 aliphatic rings. The summed E-state index contributed by atoms with van der Waals surface area (Å²) in [5.74, 6) is -0.234. The number of nitrogens with zero attached hydrogens (tertiary/aromatic N) is 1. The first-order valence-corrected chi connectivity index (χ1v) is 11.7. The van der Waals surface area contributed by atoms with E-state index in [9.17, 15) is 9.59 Å². The van der Waals surface area contributed by atoms with Gasteiger partial charge in [0.15, 0.2) is 0 Å². The summed E-state index contributed by atoms with van der Waals surface area (Å²) in [5.41, 5.74) is 4.48. The zero-order valence-corrected chi connectivity index (χ0v) is 20.4. The summed E-state index contributed by atoms with van der Waals surface area (Å²) in [5, 5.41) is 3.44. The molecule has 0 spiro atoms. The maximum absolute atomic E-state index is 13.1. The van der Waals surface area contributed by atoms with Crippen LogP contribution in [0.4, 0.5) is 5.69 Å². The molecule has 174 valence electrons. The second kappa shape index (κ2) is 10.5. The van der Waals surface area contributed by atoms with Crippen LogP contribution in [0.1, 0.15) is 65.9 Å². The molecule has 1 amide bonds. The maximum atomic E-state index is 13.1. The van der Waals surface area contributed by atoms with Crippen molar-refractivity contribution >= 4 is 23.2 Å². The number of nitrogens with one attached hydrogen (secondary N) is 2. The minimum absolute atomic E-state index is 0.164. The molecule has 1 fully saturated rings. The third-order valence-electron chi connectivity index (χ3n) is 6.18. The van der Waals surface area contributed by atoms with Crippen molar-refractivity contribution < 1.29 is 9.53 Å². The summed E-state index contributed by atoms with van der Waals surface area (Å²) in [6, 6.07) is 5.92. The number of benzene rings is 1. The van der Waals surface area contributed by atoms with Crippen molar-refractivity contribution in [2.24, 2.45) is 0 Å². The molecule has 1 aromatic carbocycles. The number of hydrogen-bond acceptors (Lipinski definition) is 4. The molecule has 2 N–H and O–H groups in total. The van der Waals surface area contributed by atoms with E-state index >= 15 is 0 Å². The summed E-state index contributed by atoms with van der Waals surface area (Å²) in [4.78, 5) is 30.6. The predicted octanol–water partition coefficient (Wildman–Crippen LogP) is 4.67. The van der Waals surface area contributed by atoms with Crippen molar-refractivity contribution in [1.29, 1.82) is 0 Å². The van der Waals surface area contributed by atoms with Crippen LogP contribution in [0.3, 0.4) is 0 Å².